The molecule has 0 aliphatic heterocycles. The van der Waals surface area contributed by atoms with Crippen LogP contribution < -0.4 is 5.32 Å². The van der Waals surface area contributed by atoms with E-state index >= 15 is 0 Å². The number of hydrogen-bond acceptors (Lipinski definition) is 2. The topological polar surface area (TPSA) is 12.0 Å². The van der Waals surface area contributed by atoms with Gasteiger partial charge in [0.25, 0.3) is 0 Å². The molecular weight excluding hydrogens is 226 g/mol. The predicted molar refractivity (Wildman–Crippen MR) is 70.9 cm³/mol. The van der Waals surface area contributed by atoms with Crippen LogP contribution in [0.2, 0.25) is 5.02 Å². The molecule has 1 N–H and O–H groups in total. The van der Waals surface area contributed by atoms with Crippen LogP contribution in [0, 0.1) is 0 Å². The Morgan fingerprint density at radius 1 is 1.47 bits per heavy atom. The van der Waals surface area contributed by atoms with Crippen molar-refractivity contribution in [2.45, 2.75) is 19.9 Å². The van der Waals surface area contributed by atoms with Crippen LogP contribution in [0.15, 0.2) is 24.3 Å². The lowest BCUT2D eigenvalue weighted by atomic mass is 10.1. The van der Waals surface area contributed by atoms with Gasteiger partial charge in [0.2, 0.25) is 0 Å². The van der Waals surface area contributed by atoms with Crippen LogP contribution in [0.4, 0.5) is 0 Å². The van der Waals surface area contributed by atoms with Crippen LogP contribution in [-0.2, 0) is 0 Å². The molecule has 0 spiro atoms. The van der Waals surface area contributed by atoms with E-state index in [1.807, 2.05) is 30.0 Å². The first kappa shape index (κ1) is 12.9. The monoisotopic (exact) mass is 243 g/mol. The standard InChI is InChI=1S/C12H18ClNS/c1-3-15-8-7-14-10(2)11-5-4-6-12(13)9-11/h4-6,9-10,14H,3,7-8H2,1-2H3/t10-/m0/s1. The van der Waals surface area contributed by atoms with Crippen LogP contribution in [-0.4, -0.2) is 18.1 Å². The van der Waals surface area contributed by atoms with E-state index in [0.717, 1.165) is 11.6 Å². The molecule has 0 aromatic heterocycles. The molecule has 1 rings (SSSR count). The summed E-state index contributed by atoms with van der Waals surface area (Å²) in [6.07, 6.45) is 0. The minimum absolute atomic E-state index is 0.376. The Kier molecular flexibility index (Phi) is 6.15. The van der Waals surface area contributed by atoms with Crippen LogP contribution in [0.1, 0.15) is 25.5 Å². The summed E-state index contributed by atoms with van der Waals surface area (Å²) < 4.78 is 0. The molecule has 0 saturated heterocycles. The number of benzene rings is 1. The van der Waals surface area contributed by atoms with Gasteiger partial charge in [0.15, 0.2) is 0 Å². The molecular formula is C12H18ClNS. The van der Waals surface area contributed by atoms with Crippen LogP contribution >= 0.6 is 23.4 Å². The molecule has 1 aromatic rings. The Hall–Kier alpha value is -0.180. The van der Waals surface area contributed by atoms with E-state index in [4.69, 9.17) is 11.6 Å². The van der Waals surface area contributed by atoms with E-state index in [9.17, 15) is 0 Å². The second-order valence-electron chi connectivity index (χ2n) is 3.43. The van der Waals surface area contributed by atoms with Gasteiger partial charge >= 0.3 is 0 Å². The van der Waals surface area contributed by atoms with E-state index in [1.54, 1.807) is 0 Å². The molecule has 0 saturated carbocycles. The van der Waals surface area contributed by atoms with Gasteiger partial charge in [-0.2, -0.15) is 11.8 Å². The van der Waals surface area contributed by atoms with Crippen molar-refractivity contribution in [1.82, 2.24) is 5.32 Å². The molecule has 0 aliphatic carbocycles. The molecule has 1 aromatic carbocycles. The van der Waals surface area contributed by atoms with Gasteiger partial charge in [-0.1, -0.05) is 30.7 Å². The summed E-state index contributed by atoms with van der Waals surface area (Å²) in [5.41, 5.74) is 1.25. The second-order valence-corrected chi connectivity index (χ2v) is 5.26. The fraction of sp³-hybridized carbons (Fsp3) is 0.500. The van der Waals surface area contributed by atoms with E-state index in [-0.39, 0.29) is 0 Å². The highest BCUT2D eigenvalue weighted by Crippen LogP contribution is 2.17. The van der Waals surface area contributed by atoms with Crippen molar-refractivity contribution >= 4 is 23.4 Å². The fourth-order valence-corrected chi connectivity index (χ4v) is 2.14. The summed E-state index contributed by atoms with van der Waals surface area (Å²) in [5.74, 6) is 2.36. The Bertz CT molecular complexity index is 291. The number of rotatable bonds is 6. The molecule has 0 radical (unpaired) electrons. The zero-order valence-corrected chi connectivity index (χ0v) is 10.9. The van der Waals surface area contributed by atoms with Gasteiger partial charge in [-0.15, -0.1) is 0 Å². The number of thioether (sulfide) groups is 1. The zero-order chi connectivity index (χ0) is 11.1. The van der Waals surface area contributed by atoms with Crippen molar-refractivity contribution < 1.29 is 0 Å². The first-order valence-electron chi connectivity index (χ1n) is 5.30. The van der Waals surface area contributed by atoms with Gasteiger partial charge < -0.3 is 5.32 Å². The van der Waals surface area contributed by atoms with Gasteiger partial charge in [0.1, 0.15) is 0 Å². The average Bonchev–Trinajstić information content (AvgIpc) is 2.24. The van der Waals surface area contributed by atoms with E-state index in [0.29, 0.717) is 6.04 Å². The predicted octanol–water partition coefficient (Wildman–Crippen LogP) is 3.74. The first-order chi connectivity index (χ1) is 7.24. The third kappa shape index (κ3) is 4.92. The third-order valence-electron chi connectivity index (χ3n) is 2.25. The summed E-state index contributed by atoms with van der Waals surface area (Å²) >= 11 is 7.90. The molecule has 1 atom stereocenters. The lowest BCUT2D eigenvalue weighted by Crippen LogP contribution is -2.21. The average molecular weight is 244 g/mol. The number of nitrogens with one attached hydrogen (secondary N) is 1. The lowest BCUT2D eigenvalue weighted by Gasteiger charge is -2.14. The zero-order valence-electron chi connectivity index (χ0n) is 9.29. The fourth-order valence-electron chi connectivity index (χ4n) is 1.39. The van der Waals surface area contributed by atoms with Gasteiger partial charge in [-0.25, -0.2) is 0 Å². The van der Waals surface area contributed by atoms with Crippen molar-refractivity contribution in [3.63, 3.8) is 0 Å². The van der Waals surface area contributed by atoms with Crippen LogP contribution in [0.25, 0.3) is 0 Å². The highest BCUT2D eigenvalue weighted by Gasteiger charge is 2.03. The summed E-state index contributed by atoms with van der Waals surface area (Å²) in [6.45, 7) is 5.40. The Morgan fingerprint density at radius 2 is 2.27 bits per heavy atom. The number of hydrogen-bond donors (Lipinski definition) is 1. The molecule has 0 fully saturated rings. The summed E-state index contributed by atoms with van der Waals surface area (Å²) in [7, 11) is 0. The second kappa shape index (κ2) is 7.15. The minimum atomic E-state index is 0.376. The van der Waals surface area contributed by atoms with Gasteiger partial charge in [0.05, 0.1) is 0 Å². The Balaban J connectivity index is 2.36. The van der Waals surface area contributed by atoms with Crippen molar-refractivity contribution in [3.8, 4) is 0 Å². The molecule has 0 amide bonds. The Labute approximate surface area is 102 Å². The van der Waals surface area contributed by atoms with Crippen molar-refractivity contribution in [1.29, 1.82) is 0 Å². The molecule has 1 nitrogen and oxygen atoms in total. The summed E-state index contributed by atoms with van der Waals surface area (Å²) in [6, 6.07) is 8.41. The SMILES string of the molecule is CCSCCN[C@@H](C)c1cccc(Cl)c1. The molecule has 0 bridgehead atoms. The third-order valence-corrected chi connectivity index (χ3v) is 3.39. The molecule has 0 unspecified atom stereocenters. The number of halogens is 1. The van der Waals surface area contributed by atoms with Crippen molar-refractivity contribution in [2.24, 2.45) is 0 Å². The highest BCUT2D eigenvalue weighted by molar-refractivity contribution is 7.99. The molecule has 15 heavy (non-hydrogen) atoms. The maximum Gasteiger partial charge on any atom is 0.0409 e. The summed E-state index contributed by atoms with van der Waals surface area (Å²) in [4.78, 5) is 0. The van der Waals surface area contributed by atoms with Crippen LogP contribution in [0.3, 0.4) is 0 Å². The first-order valence-corrected chi connectivity index (χ1v) is 6.84. The lowest BCUT2D eigenvalue weighted by molar-refractivity contribution is 0.601. The maximum atomic E-state index is 5.94. The highest BCUT2D eigenvalue weighted by atomic mass is 35.5. The molecule has 84 valence electrons. The van der Waals surface area contributed by atoms with Crippen molar-refractivity contribution in [2.75, 3.05) is 18.1 Å². The van der Waals surface area contributed by atoms with Crippen LogP contribution in [0.5, 0.6) is 0 Å². The minimum Gasteiger partial charge on any atom is -0.309 e. The quantitative estimate of drug-likeness (QED) is 0.764. The van der Waals surface area contributed by atoms with E-state index < -0.39 is 0 Å². The van der Waals surface area contributed by atoms with E-state index in [2.05, 4.69) is 25.2 Å². The van der Waals surface area contributed by atoms with E-state index in [1.165, 1.54) is 17.1 Å². The van der Waals surface area contributed by atoms with Crippen molar-refractivity contribution in [3.05, 3.63) is 34.9 Å². The molecule has 0 aliphatic rings. The normalized spacial score (nSPS) is 12.7. The maximum absolute atomic E-state index is 5.94. The summed E-state index contributed by atoms with van der Waals surface area (Å²) in [5, 5.41) is 4.29. The van der Waals surface area contributed by atoms with Gasteiger partial charge in [0, 0.05) is 23.4 Å². The Morgan fingerprint density at radius 3 is 2.93 bits per heavy atom. The molecule has 3 heteroatoms. The smallest absolute Gasteiger partial charge is 0.0409 e. The van der Waals surface area contributed by atoms with Gasteiger partial charge in [-0.05, 0) is 30.4 Å². The largest absolute Gasteiger partial charge is 0.309 e. The molecule has 0 heterocycles. The van der Waals surface area contributed by atoms with Gasteiger partial charge in [-0.3, -0.25) is 0 Å².